The highest BCUT2D eigenvalue weighted by molar-refractivity contribution is 5.78. The van der Waals surface area contributed by atoms with Gasteiger partial charge >= 0.3 is 0 Å². The number of hydrogen-bond acceptors (Lipinski definition) is 4. The zero-order valence-corrected chi connectivity index (χ0v) is 15.2. The molecule has 2 aromatic heterocycles. The standard InChI is InChI=1S/C20H22FN3O2/c1-20(2)12-13(9-11-26-20)18-22-23-19-17(25-3)15(8-10-24(18)19)14-6-4-5-7-16(14)21/h4-8,10,13H,9,11-12H2,1-3H3. The molecule has 3 aromatic rings. The Balaban J connectivity index is 1.82. The van der Waals surface area contributed by atoms with Crippen molar-refractivity contribution < 1.29 is 13.9 Å². The minimum Gasteiger partial charge on any atom is -0.492 e. The molecule has 136 valence electrons. The third-order valence-corrected chi connectivity index (χ3v) is 4.99. The fourth-order valence-corrected chi connectivity index (χ4v) is 3.77. The van der Waals surface area contributed by atoms with Crippen LogP contribution in [0.2, 0.25) is 0 Å². The molecule has 26 heavy (non-hydrogen) atoms. The number of nitrogens with zero attached hydrogens (tertiary/aromatic N) is 3. The van der Waals surface area contributed by atoms with Crippen LogP contribution in [0.5, 0.6) is 5.75 Å². The zero-order chi connectivity index (χ0) is 18.3. The van der Waals surface area contributed by atoms with E-state index in [1.807, 2.05) is 16.7 Å². The van der Waals surface area contributed by atoms with Crippen molar-refractivity contribution in [2.24, 2.45) is 0 Å². The topological polar surface area (TPSA) is 48.7 Å². The van der Waals surface area contributed by atoms with Crippen molar-refractivity contribution in [1.29, 1.82) is 0 Å². The molecule has 1 aliphatic heterocycles. The van der Waals surface area contributed by atoms with Gasteiger partial charge in [-0.05, 0) is 38.8 Å². The number of halogens is 1. The maximum absolute atomic E-state index is 14.3. The van der Waals surface area contributed by atoms with Crippen molar-refractivity contribution in [2.75, 3.05) is 13.7 Å². The van der Waals surface area contributed by atoms with Gasteiger partial charge in [-0.2, -0.15) is 0 Å². The van der Waals surface area contributed by atoms with Crippen LogP contribution in [-0.2, 0) is 4.74 Å². The molecular weight excluding hydrogens is 333 g/mol. The molecule has 0 spiro atoms. The van der Waals surface area contributed by atoms with Crippen LogP contribution in [0.4, 0.5) is 4.39 Å². The maximum atomic E-state index is 14.3. The second-order valence-electron chi connectivity index (χ2n) is 7.29. The summed E-state index contributed by atoms with van der Waals surface area (Å²) in [6.07, 6.45) is 3.68. The Hall–Kier alpha value is -2.47. The third kappa shape index (κ3) is 2.84. The quantitative estimate of drug-likeness (QED) is 0.706. The van der Waals surface area contributed by atoms with Gasteiger partial charge in [0.2, 0.25) is 5.65 Å². The third-order valence-electron chi connectivity index (χ3n) is 4.99. The summed E-state index contributed by atoms with van der Waals surface area (Å²) in [5, 5.41) is 8.79. The van der Waals surface area contributed by atoms with Gasteiger partial charge in [0.05, 0.1) is 12.7 Å². The predicted octanol–water partition coefficient (Wildman–Crippen LogP) is 4.22. The SMILES string of the molecule is COc1c(-c2ccccc2F)ccn2c(C3CCOC(C)(C)C3)nnc12. The van der Waals surface area contributed by atoms with Crippen molar-refractivity contribution in [1.82, 2.24) is 14.6 Å². The number of rotatable bonds is 3. The van der Waals surface area contributed by atoms with Crippen LogP contribution in [0, 0.1) is 5.82 Å². The molecule has 1 aliphatic rings. The van der Waals surface area contributed by atoms with E-state index in [0.29, 0.717) is 29.1 Å². The van der Waals surface area contributed by atoms with Gasteiger partial charge in [-0.25, -0.2) is 4.39 Å². The van der Waals surface area contributed by atoms with Crippen LogP contribution in [0.3, 0.4) is 0 Å². The molecule has 4 rings (SSSR count). The lowest BCUT2D eigenvalue weighted by Crippen LogP contribution is -2.33. The fraction of sp³-hybridized carbons (Fsp3) is 0.400. The van der Waals surface area contributed by atoms with E-state index in [-0.39, 0.29) is 17.3 Å². The number of aromatic nitrogens is 3. The van der Waals surface area contributed by atoms with Crippen LogP contribution in [0.1, 0.15) is 38.4 Å². The number of pyridine rings is 1. The monoisotopic (exact) mass is 355 g/mol. The lowest BCUT2D eigenvalue weighted by molar-refractivity contribution is -0.0604. The average molecular weight is 355 g/mol. The van der Waals surface area contributed by atoms with Gasteiger partial charge in [0.1, 0.15) is 11.6 Å². The zero-order valence-electron chi connectivity index (χ0n) is 15.2. The van der Waals surface area contributed by atoms with E-state index >= 15 is 0 Å². The van der Waals surface area contributed by atoms with Crippen molar-refractivity contribution in [3.05, 3.63) is 48.2 Å². The van der Waals surface area contributed by atoms with Crippen molar-refractivity contribution in [3.63, 3.8) is 0 Å². The number of methoxy groups -OCH3 is 1. The highest BCUT2D eigenvalue weighted by atomic mass is 19.1. The van der Waals surface area contributed by atoms with Gasteiger partial charge in [-0.3, -0.25) is 4.40 Å². The van der Waals surface area contributed by atoms with E-state index in [1.54, 1.807) is 25.3 Å². The van der Waals surface area contributed by atoms with Crippen LogP contribution in [0.25, 0.3) is 16.8 Å². The van der Waals surface area contributed by atoms with Crippen molar-refractivity contribution in [2.45, 2.75) is 38.2 Å². The summed E-state index contributed by atoms with van der Waals surface area (Å²) in [6.45, 7) is 4.90. The Morgan fingerprint density at radius 3 is 2.73 bits per heavy atom. The molecule has 6 heteroatoms. The molecule has 0 radical (unpaired) electrons. The minimum atomic E-state index is -0.291. The average Bonchev–Trinajstić information content (AvgIpc) is 3.04. The Morgan fingerprint density at radius 2 is 2.00 bits per heavy atom. The van der Waals surface area contributed by atoms with E-state index in [2.05, 4.69) is 24.0 Å². The Bertz CT molecular complexity index is 951. The van der Waals surface area contributed by atoms with Crippen molar-refractivity contribution >= 4 is 5.65 Å². The summed E-state index contributed by atoms with van der Waals surface area (Å²) in [6, 6.07) is 8.52. The first-order valence-electron chi connectivity index (χ1n) is 8.80. The van der Waals surface area contributed by atoms with Gasteiger partial charge in [0.15, 0.2) is 5.75 Å². The molecular formula is C20H22FN3O2. The Labute approximate surface area is 151 Å². The summed E-state index contributed by atoms with van der Waals surface area (Å²) in [5.74, 6) is 1.40. The van der Waals surface area contributed by atoms with Gasteiger partial charge in [-0.1, -0.05) is 18.2 Å². The summed E-state index contributed by atoms with van der Waals surface area (Å²) < 4.78 is 27.6. The van der Waals surface area contributed by atoms with E-state index < -0.39 is 0 Å². The molecule has 0 N–H and O–H groups in total. The highest BCUT2D eigenvalue weighted by Crippen LogP contribution is 2.38. The molecule has 1 saturated heterocycles. The van der Waals surface area contributed by atoms with Crippen LogP contribution < -0.4 is 4.74 Å². The van der Waals surface area contributed by atoms with E-state index in [9.17, 15) is 4.39 Å². The largest absolute Gasteiger partial charge is 0.492 e. The van der Waals surface area contributed by atoms with Crippen LogP contribution in [0.15, 0.2) is 36.5 Å². The van der Waals surface area contributed by atoms with E-state index in [1.165, 1.54) is 6.07 Å². The molecule has 0 amide bonds. The second-order valence-corrected chi connectivity index (χ2v) is 7.29. The summed E-state index contributed by atoms with van der Waals surface area (Å²) >= 11 is 0. The first-order valence-corrected chi connectivity index (χ1v) is 8.80. The predicted molar refractivity (Wildman–Crippen MR) is 96.9 cm³/mol. The van der Waals surface area contributed by atoms with Gasteiger partial charge in [0.25, 0.3) is 0 Å². The summed E-state index contributed by atoms with van der Waals surface area (Å²) in [5.41, 5.74) is 1.59. The number of fused-ring (bicyclic) bond motifs is 1. The molecule has 5 nitrogen and oxygen atoms in total. The molecule has 1 atom stereocenters. The molecule has 0 bridgehead atoms. The number of benzene rings is 1. The first-order chi connectivity index (χ1) is 12.5. The first kappa shape index (κ1) is 17.0. The van der Waals surface area contributed by atoms with Gasteiger partial charge < -0.3 is 9.47 Å². The lowest BCUT2D eigenvalue weighted by atomic mass is 9.88. The number of ether oxygens (including phenoxy) is 2. The molecule has 1 fully saturated rings. The summed E-state index contributed by atoms with van der Waals surface area (Å²) in [7, 11) is 1.57. The van der Waals surface area contributed by atoms with Gasteiger partial charge in [0, 0.05) is 29.8 Å². The van der Waals surface area contributed by atoms with Crippen molar-refractivity contribution in [3.8, 4) is 16.9 Å². The Morgan fingerprint density at radius 1 is 1.19 bits per heavy atom. The summed E-state index contributed by atoms with van der Waals surface area (Å²) in [4.78, 5) is 0. The highest BCUT2D eigenvalue weighted by Gasteiger charge is 2.32. The Kier molecular flexibility index (Phi) is 4.15. The normalized spacial score (nSPS) is 19.6. The smallest absolute Gasteiger partial charge is 0.203 e. The van der Waals surface area contributed by atoms with E-state index in [0.717, 1.165) is 18.7 Å². The molecule has 3 heterocycles. The molecule has 0 aliphatic carbocycles. The fourth-order valence-electron chi connectivity index (χ4n) is 3.77. The van der Waals surface area contributed by atoms with Crippen LogP contribution in [-0.4, -0.2) is 33.9 Å². The maximum Gasteiger partial charge on any atom is 0.203 e. The molecule has 1 aromatic carbocycles. The molecule has 0 saturated carbocycles. The second kappa shape index (κ2) is 6.36. The lowest BCUT2D eigenvalue weighted by Gasteiger charge is -2.34. The number of hydrogen-bond donors (Lipinski definition) is 0. The minimum absolute atomic E-state index is 0.175. The van der Waals surface area contributed by atoms with Crippen LogP contribution >= 0.6 is 0 Å². The van der Waals surface area contributed by atoms with E-state index in [4.69, 9.17) is 9.47 Å². The van der Waals surface area contributed by atoms with Gasteiger partial charge in [-0.15, -0.1) is 10.2 Å². The molecule has 1 unspecified atom stereocenters.